The maximum absolute atomic E-state index is 14.1. The highest BCUT2D eigenvalue weighted by molar-refractivity contribution is 6.06. The first-order chi connectivity index (χ1) is 21.2. The molecular weight excluding hydrogens is 552 g/mol. The number of anilines is 1. The molecule has 4 N–H and O–H groups in total. The average molecular weight is 595 g/mol. The molecule has 3 aromatic carbocycles. The Balaban J connectivity index is 1.40. The molecular formula is C35H42N6O3. The smallest absolute Gasteiger partial charge is 0.318 e. The van der Waals surface area contributed by atoms with Crippen LogP contribution in [0.2, 0.25) is 0 Å². The van der Waals surface area contributed by atoms with E-state index in [-0.39, 0.29) is 23.8 Å². The minimum absolute atomic E-state index is 0.267. The molecule has 1 fully saturated rings. The number of urea groups is 1. The number of carbonyl (C=O) groups excluding carboxylic acids is 3. The molecule has 2 atom stereocenters. The Hall–Kier alpha value is -4.63. The van der Waals surface area contributed by atoms with Crippen molar-refractivity contribution in [1.29, 1.82) is 0 Å². The third kappa shape index (κ3) is 6.94. The molecule has 4 amide bonds. The Labute approximate surface area is 259 Å². The number of hydrogen-bond donors (Lipinski definition) is 4. The first-order valence-corrected chi connectivity index (χ1v) is 15.2. The number of carbonyl (C=O) groups is 3. The number of rotatable bonds is 9. The molecule has 44 heavy (non-hydrogen) atoms. The fourth-order valence-electron chi connectivity index (χ4n) is 6.13. The quantitative estimate of drug-likeness (QED) is 0.211. The van der Waals surface area contributed by atoms with Gasteiger partial charge in [-0.25, -0.2) is 4.79 Å². The Bertz CT molecular complexity index is 1610. The molecule has 5 rings (SSSR count). The summed E-state index contributed by atoms with van der Waals surface area (Å²) in [5.41, 5.74) is 4.89. The molecule has 1 saturated heterocycles. The van der Waals surface area contributed by atoms with Crippen LogP contribution in [0.1, 0.15) is 58.6 Å². The second-order valence-corrected chi connectivity index (χ2v) is 11.9. The van der Waals surface area contributed by atoms with Gasteiger partial charge in [-0.05, 0) is 67.7 Å². The van der Waals surface area contributed by atoms with E-state index in [0.29, 0.717) is 36.8 Å². The molecule has 0 spiro atoms. The summed E-state index contributed by atoms with van der Waals surface area (Å²) in [4.78, 5) is 47.7. The first kappa shape index (κ1) is 30.8. The van der Waals surface area contributed by atoms with Gasteiger partial charge in [-0.1, -0.05) is 61.5 Å². The second-order valence-electron chi connectivity index (χ2n) is 11.9. The molecule has 4 aromatic rings. The fourth-order valence-corrected chi connectivity index (χ4v) is 6.13. The predicted molar refractivity (Wildman–Crippen MR) is 175 cm³/mol. The topological polar surface area (TPSA) is 110 Å². The zero-order valence-corrected chi connectivity index (χ0v) is 25.9. The van der Waals surface area contributed by atoms with Gasteiger partial charge >= 0.3 is 6.03 Å². The SMILES string of the molecule is CNC(=O)c1ccc(CN(C)C)cc1NC(=O)[C@H](NC(=O)N1CCC(c2ccccc2)CC1)[C@H](C)c1c[nH]c2ccccc12. The standard InChI is InChI=1S/C35H42N6O3/c1-23(29-21-37-30-13-9-8-12-27(29)30)32(39-35(44)41-18-16-26(17-19-41)25-10-6-5-7-11-25)34(43)38-31-20-24(22-40(3)4)14-15-28(31)33(42)36-2/h5-15,20-21,23,26,32,37H,16-19,22H2,1-4H3,(H,36,42)(H,38,43)(H,39,44)/t23-,32-/m1/s1. The van der Waals surface area contributed by atoms with Crippen molar-refractivity contribution in [3.8, 4) is 0 Å². The lowest BCUT2D eigenvalue weighted by molar-refractivity contribution is -0.118. The lowest BCUT2D eigenvalue weighted by Gasteiger charge is -2.34. The van der Waals surface area contributed by atoms with E-state index in [9.17, 15) is 14.4 Å². The molecule has 0 aliphatic carbocycles. The van der Waals surface area contributed by atoms with Gasteiger partial charge in [0.05, 0.1) is 11.3 Å². The Kier molecular flexibility index (Phi) is 9.65. The highest BCUT2D eigenvalue weighted by Gasteiger charge is 2.33. The summed E-state index contributed by atoms with van der Waals surface area (Å²) in [6.45, 7) is 3.80. The van der Waals surface area contributed by atoms with Crippen LogP contribution in [0.25, 0.3) is 10.9 Å². The molecule has 0 saturated carbocycles. The number of hydrogen-bond acceptors (Lipinski definition) is 4. The molecule has 1 aromatic heterocycles. The van der Waals surface area contributed by atoms with E-state index in [2.05, 4.69) is 45.2 Å². The van der Waals surface area contributed by atoms with Gasteiger partial charge in [0.15, 0.2) is 0 Å². The van der Waals surface area contributed by atoms with E-state index in [1.165, 1.54) is 5.56 Å². The summed E-state index contributed by atoms with van der Waals surface area (Å²) in [5.74, 6) is -0.654. The van der Waals surface area contributed by atoms with Crippen LogP contribution in [-0.4, -0.2) is 72.9 Å². The Morgan fingerprint density at radius 1 is 0.977 bits per heavy atom. The third-order valence-electron chi connectivity index (χ3n) is 8.54. The van der Waals surface area contributed by atoms with E-state index in [4.69, 9.17) is 0 Å². The molecule has 9 nitrogen and oxygen atoms in total. The van der Waals surface area contributed by atoms with E-state index in [0.717, 1.165) is 34.9 Å². The predicted octanol–water partition coefficient (Wildman–Crippen LogP) is 5.29. The van der Waals surface area contributed by atoms with Crippen LogP contribution in [-0.2, 0) is 11.3 Å². The number of nitrogens with one attached hydrogen (secondary N) is 4. The van der Waals surface area contributed by atoms with Gasteiger partial charge in [-0.15, -0.1) is 0 Å². The van der Waals surface area contributed by atoms with Crippen molar-refractivity contribution in [1.82, 2.24) is 25.4 Å². The van der Waals surface area contributed by atoms with Crippen LogP contribution in [0.4, 0.5) is 10.5 Å². The average Bonchev–Trinajstić information content (AvgIpc) is 3.47. The lowest BCUT2D eigenvalue weighted by Crippen LogP contribution is -2.53. The van der Waals surface area contributed by atoms with Crippen LogP contribution in [0.3, 0.4) is 0 Å². The maximum Gasteiger partial charge on any atom is 0.318 e. The van der Waals surface area contributed by atoms with Crippen molar-refractivity contribution in [3.05, 3.63) is 101 Å². The van der Waals surface area contributed by atoms with Gasteiger partial charge in [-0.3, -0.25) is 9.59 Å². The van der Waals surface area contributed by atoms with E-state index in [1.807, 2.05) is 74.6 Å². The van der Waals surface area contributed by atoms with Crippen molar-refractivity contribution in [3.63, 3.8) is 0 Å². The summed E-state index contributed by atoms with van der Waals surface area (Å²) in [6, 6.07) is 22.6. The van der Waals surface area contributed by atoms with Crippen LogP contribution < -0.4 is 16.0 Å². The highest BCUT2D eigenvalue weighted by Crippen LogP contribution is 2.31. The number of fused-ring (bicyclic) bond motifs is 1. The van der Waals surface area contributed by atoms with Gasteiger partial charge in [0.2, 0.25) is 5.91 Å². The Morgan fingerprint density at radius 3 is 2.39 bits per heavy atom. The van der Waals surface area contributed by atoms with Crippen molar-refractivity contribution >= 4 is 34.4 Å². The number of likely N-dealkylation sites (tertiary alicyclic amines) is 1. The van der Waals surface area contributed by atoms with E-state index < -0.39 is 6.04 Å². The van der Waals surface area contributed by atoms with Crippen molar-refractivity contribution < 1.29 is 14.4 Å². The fraction of sp³-hybridized carbons (Fsp3) is 0.343. The number of benzene rings is 3. The zero-order valence-electron chi connectivity index (χ0n) is 25.9. The number of aromatic amines is 1. The number of piperidine rings is 1. The molecule has 1 aliphatic rings. The normalized spacial score (nSPS) is 15.2. The van der Waals surface area contributed by atoms with Gasteiger partial charge < -0.3 is 30.7 Å². The van der Waals surface area contributed by atoms with Crippen molar-refractivity contribution in [2.45, 2.75) is 44.2 Å². The molecule has 0 radical (unpaired) electrons. The Morgan fingerprint density at radius 2 is 1.68 bits per heavy atom. The lowest BCUT2D eigenvalue weighted by atomic mass is 9.89. The molecule has 0 bridgehead atoms. The largest absolute Gasteiger partial charge is 0.361 e. The number of amides is 4. The zero-order chi connectivity index (χ0) is 31.2. The molecule has 230 valence electrons. The first-order valence-electron chi connectivity index (χ1n) is 15.2. The van der Waals surface area contributed by atoms with Crippen molar-refractivity contribution in [2.24, 2.45) is 0 Å². The summed E-state index contributed by atoms with van der Waals surface area (Å²) >= 11 is 0. The van der Waals surface area contributed by atoms with Gasteiger partial charge in [0.25, 0.3) is 5.91 Å². The van der Waals surface area contributed by atoms with E-state index in [1.54, 1.807) is 18.0 Å². The molecule has 2 heterocycles. The van der Waals surface area contributed by atoms with Gasteiger partial charge in [-0.2, -0.15) is 0 Å². The number of para-hydroxylation sites is 1. The molecule has 9 heteroatoms. The number of nitrogens with zero attached hydrogens (tertiary/aromatic N) is 2. The molecule has 1 aliphatic heterocycles. The number of aromatic nitrogens is 1. The summed E-state index contributed by atoms with van der Waals surface area (Å²) in [6.07, 6.45) is 3.63. The van der Waals surface area contributed by atoms with Crippen LogP contribution in [0.15, 0.2) is 79.0 Å². The third-order valence-corrected chi connectivity index (χ3v) is 8.54. The van der Waals surface area contributed by atoms with Crippen molar-refractivity contribution in [2.75, 3.05) is 39.5 Å². The number of H-pyrrole nitrogens is 1. The summed E-state index contributed by atoms with van der Waals surface area (Å²) in [5, 5.41) is 9.74. The minimum atomic E-state index is -0.899. The van der Waals surface area contributed by atoms with Crippen LogP contribution >= 0.6 is 0 Å². The monoisotopic (exact) mass is 594 g/mol. The van der Waals surface area contributed by atoms with Crippen LogP contribution in [0, 0.1) is 0 Å². The summed E-state index contributed by atoms with van der Waals surface area (Å²) in [7, 11) is 5.48. The highest BCUT2D eigenvalue weighted by atomic mass is 16.2. The molecule has 0 unspecified atom stereocenters. The maximum atomic E-state index is 14.1. The van der Waals surface area contributed by atoms with E-state index >= 15 is 0 Å². The van der Waals surface area contributed by atoms with Gasteiger partial charge in [0, 0.05) is 49.7 Å². The minimum Gasteiger partial charge on any atom is -0.361 e. The second kappa shape index (κ2) is 13.8. The van der Waals surface area contributed by atoms with Gasteiger partial charge in [0.1, 0.15) is 6.04 Å². The van der Waals surface area contributed by atoms with Crippen LogP contribution in [0.5, 0.6) is 0 Å². The summed E-state index contributed by atoms with van der Waals surface area (Å²) < 4.78 is 0.